The predicted molar refractivity (Wildman–Crippen MR) is 64.1 cm³/mol. The average Bonchev–Trinajstić information content (AvgIpc) is 2.15. The first-order valence-corrected chi connectivity index (χ1v) is 7.54. The molecule has 0 spiro atoms. The largest absolute Gasteiger partial charge is 0.262 e. The molecular weight excluding hydrogens is 322 g/mol. The lowest BCUT2D eigenvalue weighted by atomic mass is 10.2. The lowest BCUT2D eigenvalue weighted by Crippen LogP contribution is -1.98. The Morgan fingerprint density at radius 2 is 2.13 bits per heavy atom. The Balaban J connectivity index is 3.63. The van der Waals surface area contributed by atoms with Crippen molar-refractivity contribution in [2.24, 2.45) is 0 Å². The standard InChI is InChI=1S/C8H5BrClNO2S2/c9-3-5-1-7(14)6(4-11)8(2-5)15(10,12)13/h1-2,14H,3H2. The van der Waals surface area contributed by atoms with Crippen LogP contribution in [0.25, 0.3) is 0 Å². The fraction of sp³-hybridized carbons (Fsp3) is 0.125. The minimum absolute atomic E-state index is 0.0296. The minimum Gasteiger partial charge on any atom is -0.207 e. The maximum atomic E-state index is 11.2. The number of halogens is 2. The normalized spacial score (nSPS) is 11.1. The number of hydrogen-bond donors (Lipinski definition) is 1. The second kappa shape index (κ2) is 4.74. The van der Waals surface area contributed by atoms with E-state index in [1.165, 1.54) is 6.07 Å². The zero-order valence-electron chi connectivity index (χ0n) is 7.24. The zero-order valence-corrected chi connectivity index (χ0v) is 11.3. The fourth-order valence-electron chi connectivity index (χ4n) is 1.04. The van der Waals surface area contributed by atoms with Gasteiger partial charge in [-0.25, -0.2) is 8.42 Å². The summed E-state index contributed by atoms with van der Waals surface area (Å²) in [4.78, 5) is 0.0993. The second-order valence-corrected chi connectivity index (χ2v) is 6.25. The van der Waals surface area contributed by atoms with Gasteiger partial charge in [0.1, 0.15) is 11.0 Å². The summed E-state index contributed by atoms with van der Waals surface area (Å²) in [5.41, 5.74) is 0.663. The lowest BCUT2D eigenvalue weighted by Gasteiger charge is -2.05. The van der Waals surface area contributed by atoms with E-state index in [9.17, 15) is 8.42 Å². The third-order valence-corrected chi connectivity index (χ3v) is 4.02. The van der Waals surface area contributed by atoms with Crippen molar-refractivity contribution in [2.45, 2.75) is 15.1 Å². The van der Waals surface area contributed by atoms with Gasteiger partial charge in [-0.3, -0.25) is 0 Å². The van der Waals surface area contributed by atoms with Gasteiger partial charge in [-0.1, -0.05) is 15.9 Å². The Labute approximate surface area is 106 Å². The van der Waals surface area contributed by atoms with Gasteiger partial charge in [0.15, 0.2) is 0 Å². The van der Waals surface area contributed by atoms with Gasteiger partial charge in [0, 0.05) is 20.9 Å². The maximum Gasteiger partial charge on any atom is 0.262 e. The molecule has 15 heavy (non-hydrogen) atoms. The molecule has 1 aromatic carbocycles. The van der Waals surface area contributed by atoms with Gasteiger partial charge < -0.3 is 0 Å². The summed E-state index contributed by atoms with van der Waals surface area (Å²) >= 11 is 7.22. The number of benzene rings is 1. The molecule has 3 nitrogen and oxygen atoms in total. The van der Waals surface area contributed by atoms with E-state index >= 15 is 0 Å². The van der Waals surface area contributed by atoms with Crippen LogP contribution in [0.15, 0.2) is 21.9 Å². The van der Waals surface area contributed by atoms with Crippen LogP contribution in [0.1, 0.15) is 11.1 Å². The SMILES string of the molecule is N#Cc1c(S)cc(CBr)cc1S(=O)(=O)Cl. The summed E-state index contributed by atoms with van der Waals surface area (Å²) in [7, 11) is 1.29. The number of alkyl halides is 1. The number of rotatable bonds is 2. The van der Waals surface area contributed by atoms with Crippen LogP contribution in [0.5, 0.6) is 0 Å². The molecule has 0 bridgehead atoms. The highest BCUT2D eigenvalue weighted by Gasteiger charge is 2.18. The molecule has 1 rings (SSSR count). The topological polar surface area (TPSA) is 57.9 Å². The van der Waals surface area contributed by atoms with Crippen molar-refractivity contribution in [1.82, 2.24) is 0 Å². The molecule has 0 unspecified atom stereocenters. The molecular formula is C8H5BrClNO2S2. The van der Waals surface area contributed by atoms with Crippen molar-refractivity contribution >= 4 is 48.3 Å². The van der Waals surface area contributed by atoms with Crippen LogP contribution < -0.4 is 0 Å². The Kier molecular flexibility index (Phi) is 4.06. The molecule has 0 aliphatic heterocycles. The Hall–Kier alpha value is -0.220. The minimum atomic E-state index is -3.92. The summed E-state index contributed by atoms with van der Waals surface area (Å²) in [6.07, 6.45) is 0. The van der Waals surface area contributed by atoms with E-state index in [1.54, 1.807) is 12.1 Å². The molecule has 80 valence electrons. The maximum absolute atomic E-state index is 11.2. The van der Waals surface area contributed by atoms with E-state index < -0.39 is 9.05 Å². The van der Waals surface area contributed by atoms with Crippen molar-refractivity contribution in [1.29, 1.82) is 5.26 Å². The van der Waals surface area contributed by atoms with Crippen LogP contribution in [0.4, 0.5) is 0 Å². The predicted octanol–water partition coefficient (Wildman–Crippen LogP) is 2.67. The first-order valence-electron chi connectivity index (χ1n) is 3.66. The van der Waals surface area contributed by atoms with Gasteiger partial charge in [0.05, 0.1) is 5.56 Å². The number of nitrogens with zero attached hydrogens (tertiary/aromatic N) is 1. The molecule has 0 atom stereocenters. The van der Waals surface area contributed by atoms with E-state index in [2.05, 4.69) is 28.6 Å². The van der Waals surface area contributed by atoms with Gasteiger partial charge >= 0.3 is 0 Å². The molecule has 1 aromatic rings. The van der Waals surface area contributed by atoms with Crippen molar-refractivity contribution < 1.29 is 8.42 Å². The number of nitriles is 1. The smallest absolute Gasteiger partial charge is 0.207 e. The third kappa shape index (κ3) is 2.88. The molecule has 0 aromatic heterocycles. The van der Waals surface area contributed by atoms with Crippen molar-refractivity contribution in [3.05, 3.63) is 23.3 Å². The first-order chi connectivity index (χ1) is 6.90. The van der Waals surface area contributed by atoms with E-state index in [0.717, 1.165) is 0 Å². The van der Waals surface area contributed by atoms with Gasteiger partial charge in [-0.05, 0) is 17.7 Å². The summed E-state index contributed by atoms with van der Waals surface area (Å²) < 4.78 is 22.4. The highest BCUT2D eigenvalue weighted by Crippen LogP contribution is 2.27. The van der Waals surface area contributed by atoms with Crippen LogP contribution in [0.2, 0.25) is 0 Å². The molecule has 0 saturated carbocycles. The zero-order chi connectivity index (χ0) is 11.6. The quantitative estimate of drug-likeness (QED) is 0.516. The van der Waals surface area contributed by atoms with Crippen LogP contribution in [0.3, 0.4) is 0 Å². The van der Waals surface area contributed by atoms with Crippen LogP contribution in [-0.4, -0.2) is 8.42 Å². The summed E-state index contributed by atoms with van der Waals surface area (Å²) in [5.74, 6) is 0. The lowest BCUT2D eigenvalue weighted by molar-refractivity contribution is 0.609. The highest BCUT2D eigenvalue weighted by molar-refractivity contribution is 9.08. The number of thiol groups is 1. The van der Waals surface area contributed by atoms with Crippen LogP contribution >= 0.6 is 39.2 Å². The van der Waals surface area contributed by atoms with Gasteiger partial charge in [0.2, 0.25) is 0 Å². The van der Waals surface area contributed by atoms with E-state index in [-0.39, 0.29) is 10.5 Å². The molecule has 7 heteroatoms. The van der Waals surface area contributed by atoms with E-state index in [0.29, 0.717) is 15.8 Å². The average molecular weight is 327 g/mol. The Morgan fingerprint density at radius 3 is 2.53 bits per heavy atom. The summed E-state index contributed by atoms with van der Waals surface area (Å²) in [5, 5.41) is 9.26. The summed E-state index contributed by atoms with van der Waals surface area (Å²) in [6.45, 7) is 0. The van der Waals surface area contributed by atoms with Crippen molar-refractivity contribution in [3.63, 3.8) is 0 Å². The van der Waals surface area contributed by atoms with Gasteiger partial charge in [-0.2, -0.15) is 5.26 Å². The Bertz CT molecular complexity index is 536. The highest BCUT2D eigenvalue weighted by atomic mass is 79.9. The molecule has 0 aliphatic carbocycles. The van der Waals surface area contributed by atoms with E-state index in [4.69, 9.17) is 15.9 Å². The fourth-order valence-corrected chi connectivity index (χ4v) is 2.83. The van der Waals surface area contributed by atoms with Crippen molar-refractivity contribution in [2.75, 3.05) is 0 Å². The second-order valence-electron chi connectivity index (χ2n) is 2.67. The van der Waals surface area contributed by atoms with Crippen molar-refractivity contribution in [3.8, 4) is 6.07 Å². The molecule has 0 fully saturated rings. The van der Waals surface area contributed by atoms with Gasteiger partial charge in [-0.15, -0.1) is 12.6 Å². The molecule has 0 amide bonds. The summed E-state index contributed by atoms with van der Waals surface area (Å²) in [6, 6.07) is 4.74. The molecule has 0 radical (unpaired) electrons. The Morgan fingerprint density at radius 1 is 1.53 bits per heavy atom. The van der Waals surface area contributed by atoms with Gasteiger partial charge in [0.25, 0.3) is 9.05 Å². The number of hydrogen-bond acceptors (Lipinski definition) is 4. The molecule has 0 saturated heterocycles. The first kappa shape index (κ1) is 12.8. The third-order valence-electron chi connectivity index (χ3n) is 1.67. The van der Waals surface area contributed by atoms with Crippen LogP contribution in [0, 0.1) is 11.3 Å². The van der Waals surface area contributed by atoms with E-state index in [1.807, 2.05) is 0 Å². The van der Waals surface area contributed by atoms with Crippen LogP contribution in [-0.2, 0) is 14.4 Å². The molecule has 0 heterocycles. The monoisotopic (exact) mass is 325 g/mol. The molecule has 0 aliphatic rings. The molecule has 0 N–H and O–H groups in total.